The lowest BCUT2D eigenvalue weighted by atomic mass is 9.89. The third-order valence-corrected chi connectivity index (χ3v) is 4.65. The monoisotopic (exact) mass is 353 g/mol. The molecule has 0 spiro atoms. The van der Waals surface area contributed by atoms with E-state index in [1.807, 2.05) is 19.0 Å². The quantitative estimate of drug-likeness (QED) is 0.458. The first-order valence-corrected chi connectivity index (χ1v) is 9.23. The van der Waals surface area contributed by atoms with E-state index in [2.05, 4.69) is 20.4 Å². The number of rotatable bonds is 14. The summed E-state index contributed by atoms with van der Waals surface area (Å²) in [5.41, 5.74) is 0.361. The Morgan fingerprint density at radius 1 is 1.08 bits per heavy atom. The van der Waals surface area contributed by atoms with E-state index >= 15 is 0 Å². The van der Waals surface area contributed by atoms with Crippen molar-refractivity contribution in [1.29, 1.82) is 0 Å². The van der Waals surface area contributed by atoms with Crippen molar-refractivity contribution in [3.05, 3.63) is 23.8 Å². The maximum absolute atomic E-state index is 11.6. The van der Waals surface area contributed by atoms with Crippen LogP contribution in [0, 0.1) is 11.8 Å². The number of aliphatic carboxylic acids is 2. The Labute approximate surface area is 152 Å². The Kier molecular flexibility index (Phi) is 11.9. The first-order valence-electron chi connectivity index (χ1n) is 9.23. The molecule has 2 N–H and O–H groups in total. The van der Waals surface area contributed by atoms with Crippen LogP contribution in [0.3, 0.4) is 0 Å². The summed E-state index contributed by atoms with van der Waals surface area (Å²) in [7, 11) is 3.81. The Hall–Kier alpha value is -1.62. The number of hydrogen-bond donors (Lipinski definition) is 2. The molecule has 5 heteroatoms. The fourth-order valence-corrected chi connectivity index (χ4v) is 2.82. The highest BCUT2D eigenvalue weighted by atomic mass is 16.4. The summed E-state index contributed by atoms with van der Waals surface area (Å²) in [6.07, 6.45) is 7.91. The van der Waals surface area contributed by atoms with Crippen LogP contribution in [-0.2, 0) is 9.59 Å². The van der Waals surface area contributed by atoms with E-state index in [1.165, 1.54) is 0 Å². The summed E-state index contributed by atoms with van der Waals surface area (Å²) in [5, 5.41) is 18.8. The number of carboxylic acid groups (broad SMARTS) is 2. The zero-order valence-electron chi connectivity index (χ0n) is 16.3. The Morgan fingerprint density at radius 3 is 2.16 bits per heavy atom. The molecule has 5 nitrogen and oxygen atoms in total. The van der Waals surface area contributed by atoms with Crippen molar-refractivity contribution in [3.8, 4) is 0 Å². The average molecular weight is 354 g/mol. The summed E-state index contributed by atoms with van der Waals surface area (Å²) in [5.74, 6) is -1.97. The molecule has 0 aliphatic carbocycles. The molecule has 0 saturated carbocycles. The first-order chi connectivity index (χ1) is 11.7. The van der Waals surface area contributed by atoms with E-state index in [0.717, 1.165) is 32.1 Å². The third-order valence-electron chi connectivity index (χ3n) is 4.65. The van der Waals surface area contributed by atoms with Crippen LogP contribution in [0.15, 0.2) is 23.8 Å². The lowest BCUT2D eigenvalue weighted by Gasteiger charge is -2.18. The number of nitrogens with zero attached hydrogens (tertiary/aromatic N) is 1. The third kappa shape index (κ3) is 10.1. The van der Waals surface area contributed by atoms with Crippen molar-refractivity contribution in [2.45, 2.75) is 58.8 Å². The highest BCUT2D eigenvalue weighted by Gasteiger charge is 2.20. The molecule has 0 rings (SSSR count). The topological polar surface area (TPSA) is 77.8 Å². The van der Waals surface area contributed by atoms with E-state index < -0.39 is 17.9 Å². The van der Waals surface area contributed by atoms with Gasteiger partial charge in [-0.25, -0.2) is 9.59 Å². The van der Waals surface area contributed by atoms with Gasteiger partial charge in [0.2, 0.25) is 0 Å². The van der Waals surface area contributed by atoms with E-state index in [1.54, 1.807) is 6.08 Å². The van der Waals surface area contributed by atoms with Gasteiger partial charge in [-0.2, -0.15) is 0 Å². The van der Waals surface area contributed by atoms with Crippen LogP contribution in [0.25, 0.3) is 0 Å². The maximum atomic E-state index is 11.6. The summed E-state index contributed by atoms with van der Waals surface area (Å²) < 4.78 is 0. The lowest BCUT2D eigenvalue weighted by molar-refractivity contribution is -0.134. The molecule has 2 atom stereocenters. The Morgan fingerprint density at radius 2 is 1.72 bits per heavy atom. The molecule has 0 saturated heterocycles. The molecule has 0 amide bonds. The van der Waals surface area contributed by atoms with Gasteiger partial charge >= 0.3 is 11.9 Å². The number of carbonyl (C=O) groups is 2. The SMILES string of the molecule is C=C(C(=O)O)C(C=C(CCC(CC)CCCC)C(=O)O)CCN(C)C. The Balaban J connectivity index is 5.15. The number of hydrogen-bond acceptors (Lipinski definition) is 3. The van der Waals surface area contributed by atoms with Gasteiger partial charge < -0.3 is 15.1 Å². The van der Waals surface area contributed by atoms with Crippen molar-refractivity contribution in [2.24, 2.45) is 11.8 Å². The van der Waals surface area contributed by atoms with Crippen LogP contribution in [-0.4, -0.2) is 47.7 Å². The van der Waals surface area contributed by atoms with Gasteiger partial charge in [-0.15, -0.1) is 0 Å². The number of unbranched alkanes of at least 4 members (excludes halogenated alkanes) is 1. The van der Waals surface area contributed by atoms with Crippen molar-refractivity contribution in [2.75, 3.05) is 20.6 Å². The van der Waals surface area contributed by atoms with Gasteiger partial charge in [0.15, 0.2) is 0 Å². The van der Waals surface area contributed by atoms with Gasteiger partial charge in [0.05, 0.1) is 0 Å². The minimum Gasteiger partial charge on any atom is -0.478 e. The molecular weight excluding hydrogens is 318 g/mol. The highest BCUT2D eigenvalue weighted by molar-refractivity contribution is 5.89. The fourth-order valence-electron chi connectivity index (χ4n) is 2.82. The van der Waals surface area contributed by atoms with Crippen LogP contribution < -0.4 is 0 Å². The molecule has 0 heterocycles. The van der Waals surface area contributed by atoms with Gasteiger partial charge in [-0.05, 0) is 45.8 Å². The number of carboxylic acids is 2. The van der Waals surface area contributed by atoms with E-state index in [-0.39, 0.29) is 5.57 Å². The molecule has 0 radical (unpaired) electrons. The van der Waals surface area contributed by atoms with Crippen molar-refractivity contribution in [1.82, 2.24) is 4.90 Å². The molecule has 0 aromatic carbocycles. The largest absolute Gasteiger partial charge is 0.478 e. The molecule has 0 aliphatic rings. The second-order valence-corrected chi connectivity index (χ2v) is 6.98. The van der Waals surface area contributed by atoms with Crippen molar-refractivity contribution >= 4 is 11.9 Å². The predicted molar refractivity (Wildman–Crippen MR) is 102 cm³/mol. The molecule has 0 fully saturated rings. The van der Waals surface area contributed by atoms with Crippen LogP contribution in [0.4, 0.5) is 0 Å². The van der Waals surface area contributed by atoms with E-state index in [0.29, 0.717) is 30.9 Å². The van der Waals surface area contributed by atoms with Crippen LogP contribution in [0.1, 0.15) is 58.8 Å². The Bertz CT molecular complexity index is 468. The minimum absolute atomic E-state index is 0.0543. The highest BCUT2D eigenvalue weighted by Crippen LogP contribution is 2.24. The van der Waals surface area contributed by atoms with Crippen molar-refractivity contribution in [3.63, 3.8) is 0 Å². The minimum atomic E-state index is -1.07. The average Bonchev–Trinajstić information content (AvgIpc) is 2.55. The maximum Gasteiger partial charge on any atom is 0.331 e. The van der Waals surface area contributed by atoms with Gasteiger partial charge in [0, 0.05) is 17.1 Å². The zero-order chi connectivity index (χ0) is 19.4. The first kappa shape index (κ1) is 23.4. The molecule has 0 aliphatic heterocycles. The summed E-state index contributed by atoms with van der Waals surface area (Å²) in [6.45, 7) is 8.61. The van der Waals surface area contributed by atoms with Gasteiger partial charge in [0.25, 0.3) is 0 Å². The number of allylic oxidation sites excluding steroid dienone is 1. The van der Waals surface area contributed by atoms with Gasteiger partial charge in [0.1, 0.15) is 0 Å². The molecule has 25 heavy (non-hydrogen) atoms. The lowest BCUT2D eigenvalue weighted by Crippen LogP contribution is -2.20. The normalized spacial score (nSPS) is 14.4. The molecule has 0 bridgehead atoms. The fraction of sp³-hybridized carbons (Fsp3) is 0.700. The van der Waals surface area contributed by atoms with Gasteiger partial charge in [-0.3, -0.25) is 0 Å². The van der Waals surface area contributed by atoms with Crippen LogP contribution in [0.2, 0.25) is 0 Å². The molecular formula is C20H35NO4. The molecule has 144 valence electrons. The summed E-state index contributed by atoms with van der Waals surface area (Å²) in [4.78, 5) is 24.9. The van der Waals surface area contributed by atoms with Crippen LogP contribution >= 0.6 is 0 Å². The molecule has 2 unspecified atom stereocenters. The predicted octanol–water partition coefficient (Wildman–Crippen LogP) is 4.20. The molecule has 0 aromatic rings. The van der Waals surface area contributed by atoms with Crippen LogP contribution in [0.5, 0.6) is 0 Å². The van der Waals surface area contributed by atoms with Crippen molar-refractivity contribution < 1.29 is 19.8 Å². The summed E-state index contributed by atoms with van der Waals surface area (Å²) in [6, 6.07) is 0. The molecule has 0 aromatic heterocycles. The van der Waals surface area contributed by atoms with E-state index in [4.69, 9.17) is 0 Å². The summed E-state index contributed by atoms with van der Waals surface area (Å²) >= 11 is 0. The second kappa shape index (κ2) is 12.7. The standard InChI is InChI=1S/C20H35NO4/c1-6-8-9-16(7-2)10-11-18(20(24)25)14-17(12-13-21(4)5)15(3)19(22)23/h14,16-17H,3,6-13H2,1-2,4-5H3,(H,22,23)(H,24,25). The van der Waals surface area contributed by atoms with E-state index in [9.17, 15) is 19.8 Å². The second-order valence-electron chi connectivity index (χ2n) is 6.98. The smallest absolute Gasteiger partial charge is 0.331 e. The zero-order valence-corrected chi connectivity index (χ0v) is 16.3. The van der Waals surface area contributed by atoms with Gasteiger partial charge in [-0.1, -0.05) is 52.2 Å².